The maximum atomic E-state index is 12.3. The number of amides is 1. The van der Waals surface area contributed by atoms with Crippen molar-refractivity contribution in [3.63, 3.8) is 0 Å². The van der Waals surface area contributed by atoms with Crippen LogP contribution in [0.4, 0.5) is 5.69 Å². The van der Waals surface area contributed by atoms with Crippen LogP contribution in [-0.2, 0) is 11.2 Å². The molecule has 0 bridgehead atoms. The molecule has 1 fully saturated rings. The van der Waals surface area contributed by atoms with Gasteiger partial charge < -0.3 is 9.47 Å². The number of ether oxygens (including phenoxy) is 2. The molecule has 1 heterocycles. The van der Waals surface area contributed by atoms with Gasteiger partial charge in [-0.1, -0.05) is 48.3 Å². The third-order valence-corrected chi connectivity index (χ3v) is 5.90. The van der Waals surface area contributed by atoms with Crippen LogP contribution < -0.4 is 9.47 Å². The molecular formula is C22H20N2O5S2. The average Bonchev–Trinajstić information content (AvgIpc) is 2.99. The van der Waals surface area contributed by atoms with Crippen LogP contribution in [0.2, 0.25) is 0 Å². The highest BCUT2D eigenvalue weighted by Gasteiger charge is 2.29. The van der Waals surface area contributed by atoms with Crippen LogP contribution in [0, 0.1) is 10.1 Å². The topological polar surface area (TPSA) is 81.9 Å². The predicted octanol–water partition coefficient (Wildman–Crippen LogP) is 4.61. The van der Waals surface area contributed by atoms with Crippen molar-refractivity contribution in [2.24, 2.45) is 0 Å². The van der Waals surface area contributed by atoms with Gasteiger partial charge in [0.25, 0.3) is 11.6 Å². The minimum Gasteiger partial charge on any atom is -0.490 e. The number of carbonyl (C=O) groups excluding carboxylic acids is 1. The number of para-hydroxylation sites is 1. The van der Waals surface area contributed by atoms with Crippen LogP contribution >= 0.6 is 24.0 Å². The zero-order chi connectivity index (χ0) is 22.4. The van der Waals surface area contributed by atoms with Crippen molar-refractivity contribution in [3.05, 3.63) is 81.3 Å². The summed E-state index contributed by atoms with van der Waals surface area (Å²) in [5.74, 6) is 0.908. The van der Waals surface area contributed by atoms with E-state index in [1.807, 2.05) is 24.3 Å². The Hall–Kier alpha value is -3.17. The van der Waals surface area contributed by atoms with E-state index in [-0.39, 0.29) is 24.8 Å². The van der Waals surface area contributed by atoms with E-state index < -0.39 is 4.92 Å². The smallest absolute Gasteiger partial charge is 0.270 e. The van der Waals surface area contributed by atoms with E-state index in [0.29, 0.717) is 27.0 Å². The van der Waals surface area contributed by atoms with E-state index in [4.69, 9.17) is 21.7 Å². The molecule has 1 aliphatic heterocycles. The highest BCUT2D eigenvalue weighted by molar-refractivity contribution is 8.26. The predicted molar refractivity (Wildman–Crippen MR) is 125 cm³/mol. The maximum Gasteiger partial charge on any atom is 0.270 e. The highest BCUT2D eigenvalue weighted by Crippen LogP contribution is 2.34. The van der Waals surface area contributed by atoms with Crippen LogP contribution in [0.1, 0.15) is 11.1 Å². The molecule has 0 atom stereocenters. The molecule has 0 aliphatic carbocycles. The Morgan fingerprint density at radius 2 is 1.90 bits per heavy atom. The Morgan fingerprint density at radius 3 is 2.55 bits per heavy atom. The van der Waals surface area contributed by atoms with Gasteiger partial charge in [0.05, 0.1) is 9.83 Å². The van der Waals surface area contributed by atoms with E-state index in [1.165, 1.54) is 23.1 Å². The van der Waals surface area contributed by atoms with Crippen LogP contribution in [0.15, 0.2) is 60.0 Å². The quantitative estimate of drug-likeness (QED) is 0.136. The lowest BCUT2D eigenvalue weighted by atomic mass is 10.1. The molecule has 0 aromatic heterocycles. The fourth-order valence-corrected chi connectivity index (χ4v) is 4.02. The first kappa shape index (κ1) is 22.5. The SMILES string of the molecule is C=CCc1ccccc1OCCOc1ccc([N+](=O)[O-])cc1/C=C1\SC(=S)N(C)C1=O. The van der Waals surface area contributed by atoms with Gasteiger partial charge in [0, 0.05) is 24.7 Å². The number of nitro groups is 1. The van der Waals surface area contributed by atoms with Gasteiger partial charge in [-0.15, -0.1) is 6.58 Å². The molecule has 1 amide bonds. The summed E-state index contributed by atoms with van der Waals surface area (Å²) in [5.41, 5.74) is 1.35. The standard InChI is InChI=1S/C22H20N2O5S2/c1-3-6-15-7-4-5-8-18(15)28-11-12-29-19-10-9-17(24(26)27)13-16(19)14-20-21(25)23(2)22(30)31-20/h3-5,7-10,13-14H,1,6,11-12H2,2H3/b20-14-. The van der Waals surface area contributed by atoms with E-state index in [2.05, 4.69) is 6.58 Å². The average molecular weight is 457 g/mol. The Kier molecular flexibility index (Phi) is 7.43. The molecule has 9 heteroatoms. The van der Waals surface area contributed by atoms with Crippen LogP contribution in [0.5, 0.6) is 11.5 Å². The number of likely N-dealkylation sites (N-methyl/N-ethyl adjacent to an activating group) is 1. The van der Waals surface area contributed by atoms with E-state index in [0.717, 1.165) is 23.1 Å². The summed E-state index contributed by atoms with van der Waals surface area (Å²) in [6, 6.07) is 11.9. The van der Waals surface area contributed by atoms with E-state index >= 15 is 0 Å². The molecule has 1 saturated heterocycles. The van der Waals surface area contributed by atoms with Gasteiger partial charge in [-0.25, -0.2) is 0 Å². The van der Waals surface area contributed by atoms with Crippen LogP contribution in [0.25, 0.3) is 6.08 Å². The lowest BCUT2D eigenvalue weighted by Gasteiger charge is -2.13. The second kappa shape index (κ2) is 10.2. The lowest BCUT2D eigenvalue weighted by molar-refractivity contribution is -0.384. The summed E-state index contributed by atoms with van der Waals surface area (Å²) >= 11 is 6.28. The summed E-state index contributed by atoms with van der Waals surface area (Å²) in [5, 5.41) is 11.2. The molecular weight excluding hydrogens is 436 g/mol. The van der Waals surface area contributed by atoms with Crippen molar-refractivity contribution in [1.82, 2.24) is 4.90 Å². The van der Waals surface area contributed by atoms with Crippen molar-refractivity contribution in [3.8, 4) is 11.5 Å². The number of rotatable bonds is 9. The fraction of sp³-hybridized carbons (Fsp3) is 0.182. The van der Waals surface area contributed by atoms with Gasteiger partial charge >= 0.3 is 0 Å². The van der Waals surface area contributed by atoms with Gasteiger partial charge in [-0.2, -0.15) is 0 Å². The summed E-state index contributed by atoms with van der Waals surface area (Å²) in [6.07, 6.45) is 4.06. The van der Waals surface area contributed by atoms with Gasteiger partial charge in [-0.05, 0) is 30.2 Å². The molecule has 0 saturated carbocycles. The molecule has 1 aliphatic rings. The Balaban J connectivity index is 1.74. The number of allylic oxidation sites excluding steroid dienone is 1. The van der Waals surface area contributed by atoms with Crippen molar-refractivity contribution >= 4 is 46.0 Å². The van der Waals surface area contributed by atoms with Crippen molar-refractivity contribution < 1.29 is 19.2 Å². The molecule has 0 spiro atoms. The molecule has 7 nitrogen and oxygen atoms in total. The summed E-state index contributed by atoms with van der Waals surface area (Å²) in [4.78, 5) is 24.7. The van der Waals surface area contributed by atoms with E-state index in [9.17, 15) is 14.9 Å². The molecule has 31 heavy (non-hydrogen) atoms. The highest BCUT2D eigenvalue weighted by atomic mass is 32.2. The number of carbonyl (C=O) groups is 1. The number of nitrogens with zero attached hydrogens (tertiary/aromatic N) is 2. The van der Waals surface area contributed by atoms with E-state index in [1.54, 1.807) is 19.2 Å². The molecule has 2 aromatic carbocycles. The molecule has 0 radical (unpaired) electrons. The minimum atomic E-state index is -0.494. The third-order valence-electron chi connectivity index (χ3n) is 4.41. The fourth-order valence-electron chi connectivity index (χ4n) is 2.85. The number of thioether (sulfide) groups is 1. The molecule has 2 aromatic rings. The molecule has 160 valence electrons. The number of hydrogen-bond acceptors (Lipinski definition) is 7. The first-order valence-electron chi connectivity index (χ1n) is 9.35. The monoisotopic (exact) mass is 456 g/mol. The maximum absolute atomic E-state index is 12.3. The second-order valence-corrected chi connectivity index (χ2v) is 8.19. The zero-order valence-corrected chi connectivity index (χ0v) is 18.4. The zero-order valence-electron chi connectivity index (χ0n) is 16.8. The summed E-state index contributed by atoms with van der Waals surface area (Å²) < 4.78 is 12.1. The number of benzene rings is 2. The van der Waals surface area contributed by atoms with Gasteiger partial charge in [-0.3, -0.25) is 19.8 Å². The third kappa shape index (κ3) is 5.50. The first-order valence-corrected chi connectivity index (χ1v) is 10.6. The van der Waals surface area contributed by atoms with Crippen molar-refractivity contribution in [2.45, 2.75) is 6.42 Å². The van der Waals surface area contributed by atoms with Crippen LogP contribution in [-0.4, -0.2) is 40.3 Å². The summed E-state index contributed by atoms with van der Waals surface area (Å²) in [7, 11) is 1.59. The number of thiocarbonyl (C=S) groups is 1. The Labute approximate surface area is 189 Å². The molecule has 3 rings (SSSR count). The second-order valence-electron chi connectivity index (χ2n) is 6.52. The number of nitro benzene ring substituents is 1. The van der Waals surface area contributed by atoms with Gasteiger partial charge in [0.2, 0.25) is 0 Å². The molecule has 0 N–H and O–H groups in total. The summed E-state index contributed by atoms with van der Waals surface area (Å²) in [6.45, 7) is 4.25. The Bertz CT molecular complexity index is 1070. The first-order chi connectivity index (χ1) is 14.9. The Morgan fingerprint density at radius 1 is 1.19 bits per heavy atom. The largest absolute Gasteiger partial charge is 0.490 e. The lowest BCUT2D eigenvalue weighted by Crippen LogP contribution is -2.22. The normalized spacial score (nSPS) is 14.7. The number of hydrogen-bond donors (Lipinski definition) is 0. The van der Waals surface area contributed by atoms with Crippen molar-refractivity contribution in [2.75, 3.05) is 20.3 Å². The van der Waals surface area contributed by atoms with Crippen LogP contribution in [0.3, 0.4) is 0 Å². The minimum absolute atomic E-state index is 0.0971. The van der Waals surface area contributed by atoms with Crippen molar-refractivity contribution in [1.29, 1.82) is 0 Å². The molecule has 0 unspecified atom stereocenters. The number of non-ortho nitro benzene ring substituents is 1. The van der Waals surface area contributed by atoms with Gasteiger partial charge in [0.1, 0.15) is 29.0 Å². The van der Waals surface area contributed by atoms with Gasteiger partial charge in [0.15, 0.2) is 0 Å².